The summed E-state index contributed by atoms with van der Waals surface area (Å²) in [6.07, 6.45) is 0. The van der Waals surface area contributed by atoms with Gasteiger partial charge >= 0.3 is 0 Å². The van der Waals surface area contributed by atoms with Crippen molar-refractivity contribution in [3.05, 3.63) is 11.5 Å². The topological polar surface area (TPSA) is 12.0 Å². The molecule has 42 valence electrons. The molecule has 0 aliphatic rings. The van der Waals surface area contributed by atoms with Gasteiger partial charge in [-0.2, -0.15) is 0 Å². The average molecular weight is 117 g/mol. The average Bonchev–Trinajstić information content (AvgIpc) is 1.61. The zero-order valence-electron chi connectivity index (χ0n) is 4.82. The van der Waals surface area contributed by atoms with Gasteiger partial charge in [0, 0.05) is 5.88 Å². The van der Waals surface area contributed by atoms with Crippen LogP contribution in [0, 0.1) is 0 Å². The lowest BCUT2D eigenvalue weighted by molar-refractivity contribution is 0.984. The van der Waals surface area contributed by atoms with Crippen molar-refractivity contribution in [1.82, 2.24) is 5.32 Å². The first kappa shape index (κ1) is 7.05. The molecule has 0 aliphatic heterocycles. The highest BCUT2D eigenvalue weighted by molar-refractivity contribution is 8.02. The lowest BCUT2D eigenvalue weighted by Gasteiger charge is -1.94. The molecule has 0 fully saturated rings. The SMILES string of the molecule is C=C(C)SCNC. The first-order valence-electron chi connectivity index (χ1n) is 2.20. The fourth-order valence-corrected chi connectivity index (χ4v) is 0.586. The molecule has 0 saturated heterocycles. The molecule has 0 unspecified atom stereocenters. The zero-order chi connectivity index (χ0) is 5.70. The van der Waals surface area contributed by atoms with Crippen molar-refractivity contribution in [2.75, 3.05) is 12.9 Å². The Bertz CT molecular complexity index is 61.1. The van der Waals surface area contributed by atoms with Gasteiger partial charge in [-0.15, -0.1) is 11.8 Å². The van der Waals surface area contributed by atoms with Crippen LogP contribution in [-0.2, 0) is 0 Å². The van der Waals surface area contributed by atoms with Gasteiger partial charge in [0.05, 0.1) is 0 Å². The second-order valence-electron chi connectivity index (χ2n) is 1.34. The van der Waals surface area contributed by atoms with Crippen molar-refractivity contribution in [3.63, 3.8) is 0 Å². The molecule has 0 aromatic heterocycles. The van der Waals surface area contributed by atoms with Crippen molar-refractivity contribution < 1.29 is 0 Å². The Hall–Kier alpha value is 0.0500. The molecule has 0 bridgehead atoms. The molecule has 0 rings (SSSR count). The maximum Gasteiger partial charge on any atom is 0.0459 e. The van der Waals surface area contributed by atoms with E-state index in [4.69, 9.17) is 0 Å². The van der Waals surface area contributed by atoms with Crippen LogP contribution in [0.5, 0.6) is 0 Å². The summed E-state index contributed by atoms with van der Waals surface area (Å²) in [5.74, 6) is 0.968. The van der Waals surface area contributed by atoms with E-state index in [1.54, 1.807) is 11.8 Å². The molecule has 0 atom stereocenters. The number of allylic oxidation sites excluding steroid dienone is 1. The predicted octanol–water partition coefficient (Wildman–Crippen LogP) is 1.43. The molecule has 0 saturated carbocycles. The molecule has 0 heterocycles. The molecular formula is C5H11NS. The van der Waals surface area contributed by atoms with Crippen LogP contribution in [0.3, 0.4) is 0 Å². The lowest BCUT2D eigenvalue weighted by Crippen LogP contribution is -2.02. The number of rotatable bonds is 3. The Kier molecular flexibility index (Phi) is 4.25. The van der Waals surface area contributed by atoms with Crippen LogP contribution >= 0.6 is 11.8 Å². The maximum absolute atomic E-state index is 3.72. The van der Waals surface area contributed by atoms with E-state index in [0.29, 0.717) is 0 Å². The van der Waals surface area contributed by atoms with Crippen molar-refractivity contribution in [2.45, 2.75) is 6.92 Å². The summed E-state index contributed by atoms with van der Waals surface area (Å²) in [4.78, 5) is 1.16. The molecule has 1 N–H and O–H groups in total. The largest absolute Gasteiger partial charge is 0.311 e. The predicted molar refractivity (Wildman–Crippen MR) is 36.3 cm³/mol. The van der Waals surface area contributed by atoms with E-state index >= 15 is 0 Å². The van der Waals surface area contributed by atoms with Gasteiger partial charge in [-0.05, 0) is 18.9 Å². The van der Waals surface area contributed by atoms with Crippen molar-refractivity contribution in [3.8, 4) is 0 Å². The molecule has 0 spiro atoms. The van der Waals surface area contributed by atoms with Crippen LogP contribution in [0.1, 0.15) is 6.92 Å². The van der Waals surface area contributed by atoms with Gasteiger partial charge in [0.1, 0.15) is 0 Å². The fraction of sp³-hybridized carbons (Fsp3) is 0.600. The molecule has 0 aliphatic carbocycles. The monoisotopic (exact) mass is 117 g/mol. The first-order valence-corrected chi connectivity index (χ1v) is 3.19. The van der Waals surface area contributed by atoms with Crippen LogP contribution in [0.4, 0.5) is 0 Å². The van der Waals surface area contributed by atoms with E-state index in [1.807, 2.05) is 14.0 Å². The molecule has 0 aromatic carbocycles. The van der Waals surface area contributed by atoms with Gasteiger partial charge in [-0.3, -0.25) is 0 Å². The number of thioether (sulfide) groups is 1. The highest BCUT2D eigenvalue weighted by Crippen LogP contribution is 2.07. The van der Waals surface area contributed by atoms with Crippen LogP contribution in [-0.4, -0.2) is 12.9 Å². The van der Waals surface area contributed by atoms with E-state index < -0.39 is 0 Å². The molecule has 0 radical (unpaired) electrons. The quantitative estimate of drug-likeness (QED) is 0.561. The highest BCUT2D eigenvalue weighted by atomic mass is 32.2. The summed E-state index contributed by atoms with van der Waals surface area (Å²) in [7, 11) is 1.93. The van der Waals surface area contributed by atoms with Gasteiger partial charge in [0.15, 0.2) is 0 Å². The van der Waals surface area contributed by atoms with E-state index in [9.17, 15) is 0 Å². The highest BCUT2D eigenvalue weighted by Gasteiger charge is 1.79. The second kappa shape index (κ2) is 4.22. The summed E-state index contributed by atoms with van der Waals surface area (Å²) in [6.45, 7) is 5.72. The van der Waals surface area contributed by atoms with Crippen molar-refractivity contribution >= 4 is 11.8 Å². The molecule has 7 heavy (non-hydrogen) atoms. The van der Waals surface area contributed by atoms with Gasteiger partial charge in [0.25, 0.3) is 0 Å². The number of nitrogens with one attached hydrogen (secondary N) is 1. The lowest BCUT2D eigenvalue weighted by atomic mass is 10.8. The Morgan fingerprint density at radius 2 is 2.43 bits per heavy atom. The molecular weight excluding hydrogens is 106 g/mol. The normalized spacial score (nSPS) is 8.86. The van der Waals surface area contributed by atoms with E-state index in [1.165, 1.54) is 0 Å². The number of hydrogen-bond acceptors (Lipinski definition) is 2. The standard InChI is InChI=1S/C5H11NS/c1-5(2)7-4-6-3/h6H,1,4H2,2-3H3. The third kappa shape index (κ3) is 6.05. The summed E-state index contributed by atoms with van der Waals surface area (Å²) in [5, 5.41) is 3.00. The van der Waals surface area contributed by atoms with Crippen LogP contribution in [0.25, 0.3) is 0 Å². The van der Waals surface area contributed by atoms with Gasteiger partial charge in [0.2, 0.25) is 0 Å². The Labute approximate surface area is 49.2 Å². The Morgan fingerprint density at radius 3 is 2.57 bits per heavy atom. The third-order valence-electron chi connectivity index (χ3n) is 0.463. The third-order valence-corrected chi connectivity index (χ3v) is 1.39. The summed E-state index contributed by atoms with van der Waals surface area (Å²) in [5.41, 5.74) is 0. The fourth-order valence-electron chi connectivity index (χ4n) is 0.195. The molecule has 2 heteroatoms. The molecule has 1 nitrogen and oxygen atoms in total. The maximum atomic E-state index is 3.72. The molecule has 0 amide bonds. The summed E-state index contributed by atoms with van der Waals surface area (Å²) in [6, 6.07) is 0. The van der Waals surface area contributed by atoms with Gasteiger partial charge < -0.3 is 5.32 Å². The van der Waals surface area contributed by atoms with E-state index in [2.05, 4.69) is 11.9 Å². The van der Waals surface area contributed by atoms with E-state index in [0.717, 1.165) is 10.8 Å². The van der Waals surface area contributed by atoms with Gasteiger partial charge in [-0.1, -0.05) is 6.58 Å². The first-order chi connectivity index (χ1) is 3.27. The van der Waals surface area contributed by atoms with Crippen LogP contribution in [0.15, 0.2) is 11.5 Å². The minimum absolute atomic E-state index is 0.968. The van der Waals surface area contributed by atoms with Crippen molar-refractivity contribution in [1.29, 1.82) is 0 Å². The second-order valence-corrected chi connectivity index (χ2v) is 2.62. The van der Waals surface area contributed by atoms with Gasteiger partial charge in [-0.25, -0.2) is 0 Å². The Balaban J connectivity index is 2.82. The van der Waals surface area contributed by atoms with Crippen LogP contribution < -0.4 is 5.32 Å². The van der Waals surface area contributed by atoms with Crippen LogP contribution in [0.2, 0.25) is 0 Å². The van der Waals surface area contributed by atoms with E-state index in [-0.39, 0.29) is 0 Å². The van der Waals surface area contributed by atoms with Crippen molar-refractivity contribution in [2.24, 2.45) is 0 Å². The summed E-state index contributed by atoms with van der Waals surface area (Å²) < 4.78 is 0. The minimum Gasteiger partial charge on any atom is -0.311 e. The number of hydrogen-bond donors (Lipinski definition) is 1. The Morgan fingerprint density at radius 1 is 1.86 bits per heavy atom. The minimum atomic E-state index is 0.968. The molecule has 0 aromatic rings. The smallest absolute Gasteiger partial charge is 0.0459 e. The zero-order valence-corrected chi connectivity index (χ0v) is 5.64. The summed E-state index contributed by atoms with van der Waals surface area (Å²) >= 11 is 1.73.